The summed E-state index contributed by atoms with van der Waals surface area (Å²) >= 11 is 0. The van der Waals surface area contributed by atoms with Gasteiger partial charge in [0.05, 0.1) is 6.04 Å². The van der Waals surface area contributed by atoms with Crippen LogP contribution in [-0.2, 0) is 20.9 Å². The molecular formula is C20H21F5N2O4. The second kappa shape index (κ2) is 8.80. The number of amides is 2. The fourth-order valence-electron chi connectivity index (χ4n) is 3.89. The van der Waals surface area contributed by atoms with E-state index < -0.39 is 42.0 Å². The molecule has 2 atom stereocenters. The van der Waals surface area contributed by atoms with E-state index in [0.717, 1.165) is 15.4 Å². The minimum Gasteiger partial charge on any atom is -0.445 e. The molecule has 11 heteroatoms. The smallest absolute Gasteiger partial charge is 0.445 e. The number of hydrogen-bond donors (Lipinski definition) is 0. The van der Waals surface area contributed by atoms with E-state index in [4.69, 9.17) is 4.74 Å². The number of halogens is 5. The molecule has 0 N–H and O–H groups in total. The Balaban J connectivity index is 1.68. The molecule has 2 heterocycles. The Hall–Kier alpha value is -2.72. The zero-order valence-electron chi connectivity index (χ0n) is 16.4. The van der Waals surface area contributed by atoms with Gasteiger partial charge in [-0.05, 0) is 31.2 Å². The fourth-order valence-corrected chi connectivity index (χ4v) is 3.89. The van der Waals surface area contributed by atoms with Crippen LogP contribution in [0.3, 0.4) is 0 Å². The van der Waals surface area contributed by atoms with Crippen molar-refractivity contribution in [2.75, 3.05) is 13.1 Å². The minimum absolute atomic E-state index is 0.0420. The largest absolute Gasteiger partial charge is 0.461 e. The number of alkyl halides is 5. The van der Waals surface area contributed by atoms with Gasteiger partial charge in [0.15, 0.2) is 0 Å². The van der Waals surface area contributed by atoms with Crippen LogP contribution in [0.2, 0.25) is 0 Å². The topological polar surface area (TPSA) is 66.9 Å². The van der Waals surface area contributed by atoms with Gasteiger partial charge < -0.3 is 9.64 Å². The van der Waals surface area contributed by atoms with Gasteiger partial charge in [-0.2, -0.15) is 22.0 Å². The molecule has 2 saturated heterocycles. The van der Waals surface area contributed by atoms with E-state index in [1.54, 1.807) is 30.3 Å². The van der Waals surface area contributed by atoms with Crippen molar-refractivity contribution in [3.63, 3.8) is 0 Å². The number of Topliss-reactive ketones (excluding diaryl/α,β-unsaturated/α-hetero) is 1. The number of rotatable bonds is 5. The summed E-state index contributed by atoms with van der Waals surface area (Å²) in [5, 5.41) is 0. The highest BCUT2D eigenvalue weighted by Crippen LogP contribution is 2.39. The Morgan fingerprint density at radius 1 is 0.903 bits per heavy atom. The third kappa shape index (κ3) is 4.64. The first kappa shape index (κ1) is 23.0. The average Bonchev–Trinajstić information content (AvgIpc) is 3.40. The summed E-state index contributed by atoms with van der Waals surface area (Å²) in [7, 11) is 0. The van der Waals surface area contributed by atoms with Crippen LogP contribution >= 0.6 is 0 Å². The quantitative estimate of drug-likeness (QED) is 0.647. The number of likely N-dealkylation sites (tertiary alicyclic amines) is 2. The van der Waals surface area contributed by atoms with Crippen molar-refractivity contribution < 1.29 is 41.1 Å². The van der Waals surface area contributed by atoms with Gasteiger partial charge in [0.2, 0.25) is 11.7 Å². The Morgan fingerprint density at radius 2 is 1.48 bits per heavy atom. The molecule has 0 radical (unpaired) electrons. The van der Waals surface area contributed by atoms with Gasteiger partial charge in [0.25, 0.3) is 0 Å². The molecule has 2 amide bonds. The summed E-state index contributed by atoms with van der Waals surface area (Å²) < 4.78 is 70.2. The van der Waals surface area contributed by atoms with Crippen LogP contribution in [0.15, 0.2) is 30.3 Å². The summed E-state index contributed by atoms with van der Waals surface area (Å²) in [6, 6.07) is 5.82. The van der Waals surface area contributed by atoms with Gasteiger partial charge in [-0.1, -0.05) is 30.3 Å². The lowest BCUT2D eigenvalue weighted by atomic mass is 10.0. The first-order valence-corrected chi connectivity index (χ1v) is 9.80. The van der Waals surface area contributed by atoms with Crippen LogP contribution in [0, 0.1) is 0 Å². The highest BCUT2D eigenvalue weighted by Gasteiger charge is 2.65. The number of carbonyl (C=O) groups excluding carboxylic acids is 3. The van der Waals surface area contributed by atoms with Gasteiger partial charge in [0, 0.05) is 13.1 Å². The summed E-state index contributed by atoms with van der Waals surface area (Å²) in [6.07, 6.45) is -6.37. The van der Waals surface area contributed by atoms with Crippen LogP contribution in [0.25, 0.3) is 0 Å². The van der Waals surface area contributed by atoms with E-state index in [0.29, 0.717) is 6.42 Å². The standard InChI is InChI=1S/C20H21F5N2O4/c21-19(22,20(23,24)25)16(28)14-8-4-10-26(14)17(29)15-9-5-11-27(15)18(30)31-12-13-6-2-1-3-7-13/h1-3,6-7,14-15H,4-5,8-12H2. The third-order valence-electron chi connectivity index (χ3n) is 5.48. The maximum absolute atomic E-state index is 13.6. The number of ether oxygens (including phenoxy) is 1. The molecule has 31 heavy (non-hydrogen) atoms. The number of carbonyl (C=O) groups is 3. The molecule has 0 saturated carbocycles. The molecule has 3 rings (SSSR count). The summed E-state index contributed by atoms with van der Waals surface area (Å²) in [4.78, 5) is 39.2. The monoisotopic (exact) mass is 448 g/mol. The molecule has 2 unspecified atom stereocenters. The fraction of sp³-hybridized carbons (Fsp3) is 0.550. The Morgan fingerprint density at radius 3 is 2.10 bits per heavy atom. The molecule has 2 aliphatic heterocycles. The molecule has 0 aromatic heterocycles. The number of nitrogens with zero attached hydrogens (tertiary/aromatic N) is 2. The van der Waals surface area contributed by atoms with Crippen LogP contribution in [0.5, 0.6) is 0 Å². The molecule has 0 aliphatic carbocycles. The van der Waals surface area contributed by atoms with Gasteiger partial charge in [0.1, 0.15) is 12.6 Å². The first-order valence-electron chi connectivity index (χ1n) is 9.80. The first-order chi connectivity index (χ1) is 14.5. The van der Waals surface area contributed by atoms with E-state index in [9.17, 15) is 36.3 Å². The zero-order valence-corrected chi connectivity index (χ0v) is 16.4. The number of hydrogen-bond acceptors (Lipinski definition) is 4. The van der Waals surface area contributed by atoms with Crippen molar-refractivity contribution in [3.05, 3.63) is 35.9 Å². The summed E-state index contributed by atoms with van der Waals surface area (Å²) in [5.41, 5.74) is 0.720. The molecule has 170 valence electrons. The Labute approximate surface area is 174 Å². The maximum atomic E-state index is 13.6. The minimum atomic E-state index is -6.04. The highest BCUT2D eigenvalue weighted by molar-refractivity contribution is 5.96. The average molecular weight is 448 g/mol. The van der Waals surface area contributed by atoms with E-state index in [1.165, 1.54) is 0 Å². The zero-order chi connectivity index (χ0) is 22.8. The normalized spacial score (nSPS) is 22.0. The molecule has 1 aromatic rings. The van der Waals surface area contributed by atoms with E-state index in [1.807, 2.05) is 0 Å². The van der Waals surface area contributed by atoms with Crippen molar-refractivity contribution in [1.82, 2.24) is 9.80 Å². The van der Waals surface area contributed by atoms with Gasteiger partial charge in [-0.15, -0.1) is 0 Å². The van der Waals surface area contributed by atoms with Crippen LogP contribution in [0.1, 0.15) is 31.2 Å². The van der Waals surface area contributed by atoms with Crippen LogP contribution in [0.4, 0.5) is 26.7 Å². The van der Waals surface area contributed by atoms with Crippen LogP contribution in [-0.4, -0.2) is 64.9 Å². The van der Waals surface area contributed by atoms with Crippen molar-refractivity contribution in [2.45, 2.75) is 56.5 Å². The lowest BCUT2D eigenvalue weighted by molar-refractivity contribution is -0.270. The van der Waals surface area contributed by atoms with E-state index >= 15 is 0 Å². The Bertz CT molecular complexity index is 831. The Kier molecular flexibility index (Phi) is 6.51. The molecule has 2 fully saturated rings. The van der Waals surface area contributed by atoms with Gasteiger partial charge in [-0.3, -0.25) is 14.5 Å². The van der Waals surface area contributed by atoms with Crippen molar-refractivity contribution >= 4 is 17.8 Å². The van der Waals surface area contributed by atoms with Crippen molar-refractivity contribution in [1.29, 1.82) is 0 Å². The lowest BCUT2D eigenvalue weighted by Crippen LogP contribution is -2.56. The number of benzene rings is 1. The van der Waals surface area contributed by atoms with E-state index in [-0.39, 0.29) is 39.0 Å². The SMILES string of the molecule is O=C(OCc1ccccc1)N1CCCC1C(=O)N1CCCC1C(=O)C(F)(F)C(F)(F)F. The second-order valence-corrected chi connectivity index (χ2v) is 7.52. The van der Waals surface area contributed by atoms with E-state index in [2.05, 4.69) is 0 Å². The predicted octanol–water partition coefficient (Wildman–Crippen LogP) is 3.55. The van der Waals surface area contributed by atoms with Crippen molar-refractivity contribution in [2.24, 2.45) is 0 Å². The van der Waals surface area contributed by atoms with Gasteiger partial charge in [-0.25, -0.2) is 4.79 Å². The number of ketones is 1. The highest BCUT2D eigenvalue weighted by atomic mass is 19.4. The summed E-state index contributed by atoms with van der Waals surface area (Å²) in [5.74, 6) is -8.71. The van der Waals surface area contributed by atoms with Gasteiger partial charge >= 0.3 is 18.2 Å². The molecule has 0 spiro atoms. The lowest BCUT2D eigenvalue weighted by Gasteiger charge is -2.32. The van der Waals surface area contributed by atoms with Crippen molar-refractivity contribution in [3.8, 4) is 0 Å². The molecule has 2 aliphatic rings. The predicted molar refractivity (Wildman–Crippen MR) is 97.1 cm³/mol. The summed E-state index contributed by atoms with van der Waals surface area (Å²) in [6.45, 7) is 0.00148. The molecule has 1 aromatic carbocycles. The molecule has 0 bridgehead atoms. The molecule has 6 nitrogen and oxygen atoms in total. The second-order valence-electron chi connectivity index (χ2n) is 7.52. The third-order valence-corrected chi connectivity index (χ3v) is 5.48. The van der Waals surface area contributed by atoms with Crippen LogP contribution < -0.4 is 0 Å². The molecular weight excluding hydrogens is 427 g/mol. The maximum Gasteiger partial charge on any atom is 0.461 e.